The number of nitrogens with zero attached hydrogens (tertiary/aromatic N) is 1. The number of carbonyl (C=O) groups excluding carboxylic acids is 1. The van der Waals surface area contributed by atoms with Crippen LogP contribution in [-0.4, -0.2) is 15.9 Å². The second kappa shape index (κ2) is 4.48. The molecule has 1 aliphatic heterocycles. The Bertz CT molecular complexity index is 751. The molecule has 4 N–H and O–H groups in total. The van der Waals surface area contributed by atoms with Gasteiger partial charge in [0.05, 0.1) is 5.56 Å². The predicted molar refractivity (Wildman–Crippen MR) is 75.5 cm³/mol. The lowest BCUT2D eigenvalue weighted by molar-refractivity contribution is -0.116. The van der Waals surface area contributed by atoms with Crippen molar-refractivity contribution in [2.45, 2.75) is 19.3 Å². The van der Waals surface area contributed by atoms with Crippen molar-refractivity contribution in [2.75, 3.05) is 11.1 Å². The summed E-state index contributed by atoms with van der Waals surface area (Å²) in [7, 11) is 0. The van der Waals surface area contributed by atoms with Gasteiger partial charge in [-0.3, -0.25) is 14.6 Å². The SMILES string of the molecule is Cc1cccc([C@@H]2CC(=O)Nc3nc(N)[nH]c(=O)c32)c1. The third kappa shape index (κ3) is 2.05. The number of nitrogens with one attached hydrogen (secondary N) is 2. The van der Waals surface area contributed by atoms with Crippen LogP contribution in [0.25, 0.3) is 0 Å². The van der Waals surface area contributed by atoms with E-state index in [0.717, 1.165) is 11.1 Å². The highest BCUT2D eigenvalue weighted by Crippen LogP contribution is 2.33. The molecule has 1 aliphatic rings. The van der Waals surface area contributed by atoms with Crippen molar-refractivity contribution >= 4 is 17.7 Å². The fourth-order valence-electron chi connectivity index (χ4n) is 2.56. The molecule has 3 rings (SSSR count). The summed E-state index contributed by atoms with van der Waals surface area (Å²) in [6.45, 7) is 1.97. The number of aryl methyl sites for hydroxylation is 1. The minimum absolute atomic E-state index is 0.000979. The molecule has 1 aromatic carbocycles. The molecule has 1 amide bonds. The molecule has 2 aromatic rings. The van der Waals surface area contributed by atoms with Gasteiger partial charge in [-0.25, -0.2) is 0 Å². The Labute approximate surface area is 115 Å². The Morgan fingerprint density at radius 3 is 2.90 bits per heavy atom. The number of nitrogens with two attached hydrogens (primary N) is 1. The van der Waals surface area contributed by atoms with Gasteiger partial charge in [0.1, 0.15) is 5.82 Å². The Morgan fingerprint density at radius 1 is 1.35 bits per heavy atom. The van der Waals surface area contributed by atoms with E-state index in [-0.39, 0.29) is 35.6 Å². The normalized spacial score (nSPS) is 17.4. The van der Waals surface area contributed by atoms with Crippen LogP contribution in [0.1, 0.15) is 29.0 Å². The first kappa shape index (κ1) is 12.4. The first-order valence-electron chi connectivity index (χ1n) is 6.30. The summed E-state index contributed by atoms with van der Waals surface area (Å²) < 4.78 is 0. The zero-order valence-corrected chi connectivity index (χ0v) is 10.9. The zero-order valence-electron chi connectivity index (χ0n) is 10.9. The Morgan fingerprint density at radius 2 is 2.15 bits per heavy atom. The van der Waals surface area contributed by atoms with E-state index in [0.29, 0.717) is 5.56 Å². The van der Waals surface area contributed by atoms with Crippen molar-refractivity contribution < 1.29 is 4.79 Å². The molecule has 1 aromatic heterocycles. The van der Waals surface area contributed by atoms with E-state index >= 15 is 0 Å². The van der Waals surface area contributed by atoms with Crippen LogP contribution in [0.3, 0.4) is 0 Å². The molecular formula is C14H14N4O2. The smallest absolute Gasteiger partial charge is 0.258 e. The van der Waals surface area contributed by atoms with Crippen molar-refractivity contribution in [3.8, 4) is 0 Å². The Kier molecular flexibility index (Phi) is 2.78. The van der Waals surface area contributed by atoms with Gasteiger partial charge >= 0.3 is 0 Å². The average Bonchev–Trinajstić information content (AvgIpc) is 2.36. The van der Waals surface area contributed by atoms with Crippen molar-refractivity contribution in [1.82, 2.24) is 9.97 Å². The van der Waals surface area contributed by atoms with Crippen molar-refractivity contribution in [3.63, 3.8) is 0 Å². The molecule has 6 nitrogen and oxygen atoms in total. The second-order valence-corrected chi connectivity index (χ2v) is 4.93. The first-order chi connectivity index (χ1) is 9.54. The van der Waals surface area contributed by atoms with Crippen LogP contribution in [0, 0.1) is 6.92 Å². The largest absolute Gasteiger partial charge is 0.369 e. The highest BCUT2D eigenvalue weighted by molar-refractivity contribution is 5.94. The fourth-order valence-corrected chi connectivity index (χ4v) is 2.56. The highest BCUT2D eigenvalue weighted by atomic mass is 16.2. The maximum Gasteiger partial charge on any atom is 0.258 e. The Balaban J connectivity index is 2.20. The van der Waals surface area contributed by atoms with E-state index < -0.39 is 0 Å². The molecule has 0 unspecified atom stereocenters. The molecule has 0 radical (unpaired) electrons. The van der Waals surface area contributed by atoms with Crippen molar-refractivity contribution in [3.05, 3.63) is 51.3 Å². The third-order valence-electron chi connectivity index (χ3n) is 3.41. The number of carbonyl (C=O) groups is 1. The Hall–Kier alpha value is -2.63. The highest BCUT2D eigenvalue weighted by Gasteiger charge is 2.30. The first-order valence-corrected chi connectivity index (χ1v) is 6.30. The number of rotatable bonds is 1. The lowest BCUT2D eigenvalue weighted by Gasteiger charge is -2.24. The summed E-state index contributed by atoms with van der Waals surface area (Å²) in [6.07, 6.45) is 0.227. The van der Waals surface area contributed by atoms with Gasteiger partial charge in [-0.2, -0.15) is 4.98 Å². The van der Waals surface area contributed by atoms with Gasteiger partial charge in [0.2, 0.25) is 11.9 Å². The van der Waals surface area contributed by atoms with Gasteiger partial charge in [0.15, 0.2) is 0 Å². The van der Waals surface area contributed by atoms with Crippen LogP contribution >= 0.6 is 0 Å². The molecule has 20 heavy (non-hydrogen) atoms. The summed E-state index contributed by atoms with van der Waals surface area (Å²) in [5.41, 5.74) is 7.68. The minimum atomic E-state index is -0.306. The lowest BCUT2D eigenvalue weighted by atomic mass is 9.86. The summed E-state index contributed by atoms with van der Waals surface area (Å²) in [6, 6.07) is 7.77. The topological polar surface area (TPSA) is 101 Å². The fraction of sp³-hybridized carbons (Fsp3) is 0.214. The molecule has 102 valence electrons. The number of nitrogen functional groups attached to an aromatic ring is 1. The van der Waals surface area contributed by atoms with E-state index in [2.05, 4.69) is 15.3 Å². The van der Waals surface area contributed by atoms with Crippen LogP contribution in [0.4, 0.5) is 11.8 Å². The number of aromatic amines is 1. The van der Waals surface area contributed by atoms with Gasteiger partial charge in [-0.1, -0.05) is 29.8 Å². The molecule has 0 spiro atoms. The zero-order chi connectivity index (χ0) is 14.3. The summed E-state index contributed by atoms with van der Waals surface area (Å²) in [4.78, 5) is 30.4. The molecule has 6 heteroatoms. The number of aromatic nitrogens is 2. The molecule has 0 aliphatic carbocycles. The number of hydrogen-bond donors (Lipinski definition) is 3. The molecular weight excluding hydrogens is 256 g/mol. The number of H-pyrrole nitrogens is 1. The van der Waals surface area contributed by atoms with Gasteiger partial charge < -0.3 is 11.1 Å². The maximum absolute atomic E-state index is 12.1. The van der Waals surface area contributed by atoms with Crippen LogP contribution in [0.2, 0.25) is 0 Å². The second-order valence-electron chi connectivity index (χ2n) is 4.93. The van der Waals surface area contributed by atoms with Crippen LogP contribution in [-0.2, 0) is 4.79 Å². The summed E-state index contributed by atoms with van der Waals surface area (Å²) in [5.74, 6) is -0.204. The van der Waals surface area contributed by atoms with E-state index in [9.17, 15) is 9.59 Å². The van der Waals surface area contributed by atoms with E-state index in [1.165, 1.54) is 0 Å². The molecule has 0 saturated carbocycles. The quantitative estimate of drug-likeness (QED) is 0.723. The van der Waals surface area contributed by atoms with Gasteiger partial charge in [-0.15, -0.1) is 0 Å². The molecule has 2 heterocycles. The van der Waals surface area contributed by atoms with Crippen molar-refractivity contribution in [2.24, 2.45) is 0 Å². The van der Waals surface area contributed by atoms with Crippen LogP contribution in [0.15, 0.2) is 29.1 Å². The monoisotopic (exact) mass is 270 g/mol. The predicted octanol–water partition coefficient (Wildman–Crippen LogP) is 1.13. The number of amides is 1. The summed E-state index contributed by atoms with van der Waals surface area (Å²) >= 11 is 0. The van der Waals surface area contributed by atoms with Crippen LogP contribution < -0.4 is 16.6 Å². The number of fused-ring (bicyclic) bond motifs is 1. The maximum atomic E-state index is 12.1. The molecule has 0 bridgehead atoms. The minimum Gasteiger partial charge on any atom is -0.369 e. The number of benzene rings is 1. The van der Waals surface area contributed by atoms with E-state index in [1.807, 2.05) is 31.2 Å². The van der Waals surface area contributed by atoms with Crippen LogP contribution in [0.5, 0.6) is 0 Å². The number of hydrogen-bond acceptors (Lipinski definition) is 4. The van der Waals surface area contributed by atoms with Gasteiger partial charge in [0.25, 0.3) is 5.56 Å². The molecule has 1 atom stereocenters. The standard InChI is InChI=1S/C14H14N4O2/c1-7-3-2-4-8(5-7)9-6-10(19)16-12-11(9)13(20)18-14(15)17-12/h2-5,9H,6H2,1H3,(H4,15,16,17,18,19,20)/t9-/m0/s1. The lowest BCUT2D eigenvalue weighted by Crippen LogP contribution is -2.31. The van der Waals surface area contributed by atoms with Gasteiger partial charge in [-0.05, 0) is 12.5 Å². The summed E-state index contributed by atoms with van der Waals surface area (Å²) in [5, 5.41) is 2.61. The average molecular weight is 270 g/mol. The molecule has 0 fully saturated rings. The van der Waals surface area contributed by atoms with E-state index in [1.54, 1.807) is 0 Å². The number of anilines is 2. The third-order valence-corrected chi connectivity index (χ3v) is 3.41. The van der Waals surface area contributed by atoms with Crippen molar-refractivity contribution in [1.29, 1.82) is 0 Å². The molecule has 0 saturated heterocycles. The van der Waals surface area contributed by atoms with E-state index in [4.69, 9.17) is 5.73 Å². The van der Waals surface area contributed by atoms with Gasteiger partial charge in [0, 0.05) is 12.3 Å².